The van der Waals surface area contributed by atoms with Gasteiger partial charge in [0, 0.05) is 18.3 Å². The second-order valence-electron chi connectivity index (χ2n) is 7.27. The third-order valence-electron chi connectivity index (χ3n) is 4.00. The Kier molecular flexibility index (Phi) is 9.27. The van der Waals surface area contributed by atoms with Gasteiger partial charge in [0.05, 0.1) is 16.6 Å². The first kappa shape index (κ1) is 26.5. The number of carbonyl (C=O) groups is 4. The molecule has 34 heavy (non-hydrogen) atoms. The first-order valence-electron chi connectivity index (χ1n) is 10.1. The van der Waals surface area contributed by atoms with Gasteiger partial charge in [-0.2, -0.15) is 4.72 Å². The molecular weight excluding hydrogens is 466 g/mol. The molecule has 0 fully saturated rings. The van der Waals surface area contributed by atoms with E-state index in [1.165, 1.54) is 55.5 Å². The van der Waals surface area contributed by atoms with E-state index in [1.807, 2.05) is 0 Å². The molecule has 0 spiro atoms. The molecule has 0 aliphatic heterocycles. The van der Waals surface area contributed by atoms with Crippen LogP contribution in [0.5, 0.6) is 0 Å². The van der Waals surface area contributed by atoms with Gasteiger partial charge in [0.25, 0.3) is 5.91 Å². The van der Waals surface area contributed by atoms with E-state index in [0.717, 1.165) is 0 Å². The van der Waals surface area contributed by atoms with Crippen molar-refractivity contribution in [2.75, 3.05) is 23.8 Å². The lowest BCUT2D eigenvalue weighted by molar-refractivity contribution is -0.146. The highest BCUT2D eigenvalue weighted by Gasteiger charge is 2.17. The molecular formula is C22H25N3O8S. The zero-order valence-electron chi connectivity index (χ0n) is 18.8. The van der Waals surface area contributed by atoms with Crippen LogP contribution >= 0.6 is 0 Å². The van der Waals surface area contributed by atoms with Gasteiger partial charge >= 0.3 is 11.9 Å². The number of nitrogens with one attached hydrogen (secondary N) is 3. The quantitative estimate of drug-likeness (QED) is 0.424. The third-order valence-corrected chi connectivity index (χ3v) is 5.42. The normalized spacial score (nSPS) is 10.9. The summed E-state index contributed by atoms with van der Waals surface area (Å²) >= 11 is 0. The molecule has 2 amide bonds. The van der Waals surface area contributed by atoms with Crippen molar-refractivity contribution in [3.63, 3.8) is 0 Å². The van der Waals surface area contributed by atoms with E-state index in [9.17, 15) is 27.6 Å². The molecule has 0 aromatic heterocycles. The molecule has 0 atom stereocenters. The molecule has 11 nitrogen and oxygen atoms in total. The second-order valence-corrected chi connectivity index (χ2v) is 9.04. The molecule has 0 saturated carbocycles. The number of anilines is 2. The first-order chi connectivity index (χ1) is 16.0. The predicted molar refractivity (Wildman–Crippen MR) is 123 cm³/mol. The maximum absolute atomic E-state index is 12.3. The van der Waals surface area contributed by atoms with E-state index in [1.54, 1.807) is 13.8 Å². The molecule has 0 unspecified atom stereocenters. The first-order valence-corrected chi connectivity index (χ1v) is 11.6. The Morgan fingerprint density at radius 1 is 0.882 bits per heavy atom. The summed E-state index contributed by atoms with van der Waals surface area (Å²) in [7, 11) is -4.01. The maximum Gasteiger partial charge on any atom is 0.338 e. The van der Waals surface area contributed by atoms with Crippen molar-refractivity contribution in [3.05, 3.63) is 54.1 Å². The number of hydrogen-bond donors (Lipinski definition) is 3. The van der Waals surface area contributed by atoms with Crippen LogP contribution in [0.2, 0.25) is 0 Å². The van der Waals surface area contributed by atoms with Crippen LogP contribution < -0.4 is 15.4 Å². The molecule has 0 radical (unpaired) electrons. The molecule has 0 heterocycles. The average molecular weight is 492 g/mol. The number of esters is 2. The summed E-state index contributed by atoms with van der Waals surface area (Å²) in [6, 6.07) is 11.3. The van der Waals surface area contributed by atoms with Crippen molar-refractivity contribution in [2.45, 2.75) is 31.8 Å². The van der Waals surface area contributed by atoms with E-state index >= 15 is 0 Å². The summed E-state index contributed by atoms with van der Waals surface area (Å²) in [5.74, 6) is -2.40. The maximum atomic E-state index is 12.3. The summed E-state index contributed by atoms with van der Waals surface area (Å²) in [6.07, 6.45) is -0.262. The van der Waals surface area contributed by atoms with E-state index < -0.39 is 41.0 Å². The predicted octanol–water partition coefficient (Wildman–Crippen LogP) is 1.67. The van der Waals surface area contributed by atoms with E-state index in [0.29, 0.717) is 16.9 Å². The Morgan fingerprint density at radius 2 is 1.44 bits per heavy atom. The van der Waals surface area contributed by atoms with Crippen LogP contribution in [0, 0.1) is 0 Å². The van der Waals surface area contributed by atoms with Gasteiger partial charge in [0.2, 0.25) is 15.9 Å². The zero-order chi connectivity index (χ0) is 25.3. The lowest BCUT2D eigenvalue weighted by Crippen LogP contribution is -2.32. The van der Waals surface area contributed by atoms with E-state index in [-0.39, 0.29) is 16.9 Å². The van der Waals surface area contributed by atoms with Crippen LogP contribution in [0.25, 0.3) is 0 Å². The van der Waals surface area contributed by atoms with Gasteiger partial charge in [0.1, 0.15) is 6.54 Å². The van der Waals surface area contributed by atoms with Crippen LogP contribution in [0.15, 0.2) is 53.4 Å². The molecule has 182 valence electrons. The summed E-state index contributed by atoms with van der Waals surface area (Å²) < 4.78 is 36.4. The minimum Gasteiger partial charge on any atom is -0.459 e. The summed E-state index contributed by atoms with van der Waals surface area (Å²) in [6.45, 7) is 3.45. The molecule has 0 bridgehead atoms. The number of amides is 2. The van der Waals surface area contributed by atoms with Crippen molar-refractivity contribution < 1.29 is 37.1 Å². The topological polar surface area (TPSA) is 157 Å². The fourth-order valence-corrected chi connectivity index (χ4v) is 3.49. The van der Waals surface area contributed by atoms with Crippen LogP contribution in [-0.4, -0.2) is 51.4 Å². The largest absolute Gasteiger partial charge is 0.459 e. The Morgan fingerprint density at radius 3 is 2.00 bits per heavy atom. The van der Waals surface area contributed by atoms with Crippen molar-refractivity contribution in [1.29, 1.82) is 0 Å². The van der Waals surface area contributed by atoms with Gasteiger partial charge in [-0.1, -0.05) is 0 Å². The lowest BCUT2D eigenvalue weighted by atomic mass is 10.2. The fourth-order valence-electron chi connectivity index (χ4n) is 2.52. The van der Waals surface area contributed by atoms with Crippen molar-refractivity contribution in [3.8, 4) is 0 Å². The third kappa shape index (κ3) is 8.64. The highest BCUT2D eigenvalue weighted by Crippen LogP contribution is 2.14. The Labute approximate surface area is 196 Å². The van der Waals surface area contributed by atoms with Gasteiger partial charge in [0.15, 0.2) is 6.61 Å². The number of benzene rings is 2. The molecule has 0 saturated heterocycles. The molecule has 2 rings (SSSR count). The molecule has 0 aliphatic carbocycles. The SMILES string of the molecule is CC(=O)Nc1ccc(S(=O)(=O)NCC(=O)OCC(=O)Nc2ccc(C(=O)OC(C)C)cc2)cc1. The van der Waals surface area contributed by atoms with Gasteiger partial charge in [-0.3, -0.25) is 14.4 Å². The zero-order valence-corrected chi connectivity index (χ0v) is 19.6. The van der Waals surface area contributed by atoms with Gasteiger partial charge in [-0.25, -0.2) is 13.2 Å². The van der Waals surface area contributed by atoms with Crippen LogP contribution in [0.1, 0.15) is 31.1 Å². The van der Waals surface area contributed by atoms with Crippen molar-refractivity contribution in [1.82, 2.24) is 4.72 Å². The Hall–Kier alpha value is -3.77. The second kappa shape index (κ2) is 11.9. The minimum atomic E-state index is -4.01. The molecule has 2 aromatic carbocycles. The van der Waals surface area contributed by atoms with Crippen molar-refractivity contribution in [2.24, 2.45) is 0 Å². The smallest absolute Gasteiger partial charge is 0.338 e. The number of carbonyl (C=O) groups excluding carboxylic acids is 4. The van der Waals surface area contributed by atoms with E-state index in [2.05, 4.69) is 15.4 Å². The molecule has 2 aromatic rings. The van der Waals surface area contributed by atoms with E-state index in [4.69, 9.17) is 9.47 Å². The van der Waals surface area contributed by atoms with Crippen LogP contribution in [-0.2, 0) is 33.9 Å². The number of sulfonamides is 1. The summed E-state index contributed by atoms with van der Waals surface area (Å²) in [4.78, 5) is 46.5. The Bertz CT molecular complexity index is 1140. The number of ether oxygens (including phenoxy) is 2. The Balaban J connectivity index is 1.79. The molecule has 0 aliphatic rings. The van der Waals surface area contributed by atoms with Gasteiger partial charge in [-0.05, 0) is 62.4 Å². The highest BCUT2D eigenvalue weighted by molar-refractivity contribution is 7.89. The van der Waals surface area contributed by atoms with Gasteiger partial charge in [-0.15, -0.1) is 0 Å². The average Bonchev–Trinajstić information content (AvgIpc) is 2.76. The molecule has 3 N–H and O–H groups in total. The summed E-state index contributed by atoms with van der Waals surface area (Å²) in [5.41, 5.74) is 1.10. The van der Waals surface area contributed by atoms with Crippen molar-refractivity contribution >= 4 is 45.2 Å². The standard InChI is InChI=1S/C22H25N3O8S/c1-14(2)33-22(29)16-4-6-18(7-5-16)25-20(27)13-32-21(28)12-23-34(30,31)19-10-8-17(9-11-19)24-15(3)26/h4-11,14,23H,12-13H2,1-3H3,(H,24,26)(H,25,27). The minimum absolute atomic E-state index is 0.118. The number of rotatable bonds is 10. The van der Waals surface area contributed by atoms with Gasteiger partial charge < -0.3 is 20.1 Å². The highest BCUT2D eigenvalue weighted by atomic mass is 32.2. The lowest BCUT2D eigenvalue weighted by Gasteiger charge is -2.10. The summed E-state index contributed by atoms with van der Waals surface area (Å²) in [5, 5.41) is 4.99. The monoisotopic (exact) mass is 491 g/mol. The molecule has 12 heteroatoms. The van der Waals surface area contributed by atoms with Crippen LogP contribution in [0.4, 0.5) is 11.4 Å². The number of hydrogen-bond acceptors (Lipinski definition) is 8. The van der Waals surface area contributed by atoms with Crippen LogP contribution in [0.3, 0.4) is 0 Å². The fraction of sp³-hybridized carbons (Fsp3) is 0.273.